The number of aryl methyl sites for hydroxylation is 3. The Morgan fingerprint density at radius 3 is 2.24 bits per heavy atom. The molecule has 0 saturated carbocycles. The maximum absolute atomic E-state index is 13.5. The van der Waals surface area contributed by atoms with Crippen LogP contribution >= 0.6 is 0 Å². The minimum absolute atomic E-state index is 0.0430. The zero-order chi connectivity index (χ0) is 18.6. The predicted molar refractivity (Wildman–Crippen MR) is 92.6 cm³/mol. The largest absolute Gasteiger partial charge is 0.351 e. The van der Waals surface area contributed by atoms with Crippen LogP contribution in [0.2, 0.25) is 0 Å². The van der Waals surface area contributed by atoms with E-state index in [-0.39, 0.29) is 24.4 Å². The fourth-order valence-electron chi connectivity index (χ4n) is 2.64. The third-order valence-corrected chi connectivity index (χ3v) is 3.75. The molecule has 2 aromatic carbocycles. The van der Waals surface area contributed by atoms with Gasteiger partial charge in [0.05, 0.1) is 5.56 Å². The lowest BCUT2D eigenvalue weighted by atomic mass is 10.1. The molecule has 0 saturated heterocycles. The molecule has 0 atom stereocenters. The van der Waals surface area contributed by atoms with Crippen molar-refractivity contribution in [3.05, 3.63) is 64.2 Å². The Morgan fingerprint density at radius 1 is 1.00 bits per heavy atom. The van der Waals surface area contributed by atoms with E-state index in [1.54, 1.807) is 0 Å². The highest BCUT2D eigenvalue weighted by Gasteiger charge is 2.13. The van der Waals surface area contributed by atoms with Gasteiger partial charge in [-0.2, -0.15) is 0 Å². The predicted octanol–water partition coefficient (Wildman–Crippen LogP) is 3.65. The normalized spacial score (nSPS) is 10.4. The first kappa shape index (κ1) is 18.6. The number of rotatable bonds is 5. The van der Waals surface area contributed by atoms with Gasteiger partial charge in [0.2, 0.25) is 5.91 Å². The Labute approximate surface area is 145 Å². The van der Waals surface area contributed by atoms with E-state index in [1.165, 1.54) is 0 Å². The van der Waals surface area contributed by atoms with E-state index in [0.29, 0.717) is 6.07 Å². The van der Waals surface area contributed by atoms with Gasteiger partial charge in [-0.15, -0.1) is 0 Å². The van der Waals surface area contributed by atoms with E-state index >= 15 is 0 Å². The maximum atomic E-state index is 13.5. The summed E-state index contributed by atoms with van der Waals surface area (Å²) in [7, 11) is 0. The summed E-state index contributed by atoms with van der Waals surface area (Å²) in [6.07, 6.45) is 0.0430. The minimum atomic E-state index is -0.937. The number of carbonyl (C=O) groups is 2. The van der Waals surface area contributed by atoms with Crippen molar-refractivity contribution >= 4 is 17.5 Å². The highest BCUT2D eigenvalue weighted by Crippen LogP contribution is 2.21. The molecule has 6 heteroatoms. The van der Waals surface area contributed by atoms with Gasteiger partial charge in [-0.05, 0) is 44.0 Å². The first-order valence-corrected chi connectivity index (χ1v) is 7.89. The number of hydrogen-bond acceptors (Lipinski definition) is 2. The molecule has 0 aromatic heterocycles. The van der Waals surface area contributed by atoms with Crippen molar-refractivity contribution in [1.29, 1.82) is 0 Å². The van der Waals surface area contributed by atoms with Crippen molar-refractivity contribution in [2.45, 2.75) is 27.2 Å². The van der Waals surface area contributed by atoms with E-state index in [2.05, 4.69) is 10.6 Å². The second-order valence-corrected chi connectivity index (χ2v) is 5.95. The molecular weight excluding hydrogens is 326 g/mol. The van der Waals surface area contributed by atoms with Gasteiger partial charge >= 0.3 is 0 Å². The average molecular weight is 346 g/mol. The number of nitrogens with one attached hydrogen (secondary N) is 2. The molecule has 132 valence electrons. The first-order valence-electron chi connectivity index (χ1n) is 7.89. The van der Waals surface area contributed by atoms with Crippen LogP contribution in [0.3, 0.4) is 0 Å². The Balaban J connectivity index is 1.89. The topological polar surface area (TPSA) is 58.2 Å². The molecule has 0 spiro atoms. The molecule has 2 amide bonds. The van der Waals surface area contributed by atoms with Crippen LogP contribution in [0.1, 0.15) is 33.5 Å². The summed E-state index contributed by atoms with van der Waals surface area (Å²) in [6, 6.07) is 6.67. The van der Waals surface area contributed by atoms with Crippen LogP contribution in [-0.4, -0.2) is 18.4 Å². The molecule has 0 unspecified atom stereocenters. The molecule has 0 fully saturated rings. The minimum Gasteiger partial charge on any atom is -0.351 e. The van der Waals surface area contributed by atoms with Crippen LogP contribution < -0.4 is 10.6 Å². The molecule has 0 aliphatic rings. The molecule has 2 N–H and O–H groups in total. The van der Waals surface area contributed by atoms with Crippen molar-refractivity contribution in [3.8, 4) is 0 Å². The van der Waals surface area contributed by atoms with Crippen molar-refractivity contribution in [2.24, 2.45) is 0 Å². The number of carbonyl (C=O) groups excluding carboxylic acids is 2. The third kappa shape index (κ3) is 4.86. The molecule has 25 heavy (non-hydrogen) atoms. The fourth-order valence-corrected chi connectivity index (χ4v) is 2.64. The summed E-state index contributed by atoms with van der Waals surface area (Å²) in [5.41, 5.74) is 3.53. The summed E-state index contributed by atoms with van der Waals surface area (Å²) < 4.78 is 26.4. The van der Waals surface area contributed by atoms with Crippen LogP contribution in [0.4, 0.5) is 14.5 Å². The fraction of sp³-hybridized carbons (Fsp3) is 0.263. The van der Waals surface area contributed by atoms with Gasteiger partial charge in [-0.25, -0.2) is 8.78 Å². The van der Waals surface area contributed by atoms with Crippen molar-refractivity contribution in [1.82, 2.24) is 5.32 Å². The molecule has 2 rings (SSSR count). The SMILES string of the molecule is Cc1cc(C)c(NC(=O)CCNC(=O)c2ccc(F)cc2F)c(C)c1. The summed E-state index contributed by atoms with van der Waals surface area (Å²) in [4.78, 5) is 23.9. The number of amides is 2. The summed E-state index contributed by atoms with van der Waals surface area (Å²) in [5, 5.41) is 5.28. The molecule has 0 heterocycles. The number of hydrogen-bond donors (Lipinski definition) is 2. The third-order valence-electron chi connectivity index (χ3n) is 3.75. The summed E-state index contributed by atoms with van der Waals surface area (Å²) >= 11 is 0. The Kier molecular flexibility index (Phi) is 5.85. The monoisotopic (exact) mass is 346 g/mol. The second-order valence-electron chi connectivity index (χ2n) is 5.95. The lowest BCUT2D eigenvalue weighted by Gasteiger charge is -2.13. The summed E-state index contributed by atoms with van der Waals surface area (Å²) in [6.45, 7) is 5.85. The lowest BCUT2D eigenvalue weighted by molar-refractivity contribution is -0.116. The molecule has 0 radical (unpaired) electrons. The van der Waals surface area contributed by atoms with E-state index in [4.69, 9.17) is 0 Å². The second kappa shape index (κ2) is 7.88. The van der Waals surface area contributed by atoms with E-state index in [9.17, 15) is 18.4 Å². The first-order chi connectivity index (χ1) is 11.8. The van der Waals surface area contributed by atoms with E-state index in [1.807, 2.05) is 32.9 Å². The van der Waals surface area contributed by atoms with Crippen LogP contribution in [0, 0.1) is 32.4 Å². The van der Waals surface area contributed by atoms with Gasteiger partial charge < -0.3 is 10.6 Å². The standard InChI is InChI=1S/C19H20F2N2O2/c1-11-8-12(2)18(13(3)9-11)23-17(24)6-7-22-19(25)15-5-4-14(20)10-16(15)21/h4-5,8-10H,6-7H2,1-3H3,(H,22,25)(H,23,24). The zero-order valence-electron chi connectivity index (χ0n) is 14.4. The Morgan fingerprint density at radius 2 is 1.64 bits per heavy atom. The van der Waals surface area contributed by atoms with Crippen LogP contribution in [-0.2, 0) is 4.79 Å². The Hall–Kier alpha value is -2.76. The smallest absolute Gasteiger partial charge is 0.254 e. The van der Waals surface area contributed by atoms with E-state index in [0.717, 1.165) is 34.5 Å². The zero-order valence-corrected chi connectivity index (χ0v) is 14.4. The van der Waals surface area contributed by atoms with Gasteiger partial charge in [0.15, 0.2) is 0 Å². The highest BCUT2D eigenvalue weighted by atomic mass is 19.1. The molecule has 0 bridgehead atoms. The van der Waals surface area contributed by atoms with E-state index < -0.39 is 17.5 Å². The Bertz CT molecular complexity index is 796. The molecule has 0 aliphatic heterocycles. The molecule has 2 aromatic rings. The molecular formula is C19H20F2N2O2. The number of anilines is 1. The lowest BCUT2D eigenvalue weighted by Crippen LogP contribution is -2.28. The van der Waals surface area contributed by atoms with Gasteiger partial charge in [0, 0.05) is 24.7 Å². The highest BCUT2D eigenvalue weighted by molar-refractivity contribution is 5.95. The van der Waals surface area contributed by atoms with Gasteiger partial charge in [-0.3, -0.25) is 9.59 Å². The quantitative estimate of drug-likeness (QED) is 0.868. The average Bonchev–Trinajstić information content (AvgIpc) is 2.50. The van der Waals surface area contributed by atoms with Crippen LogP contribution in [0.5, 0.6) is 0 Å². The van der Waals surface area contributed by atoms with Gasteiger partial charge in [0.1, 0.15) is 11.6 Å². The van der Waals surface area contributed by atoms with Crippen LogP contribution in [0.25, 0.3) is 0 Å². The molecule has 0 aliphatic carbocycles. The van der Waals surface area contributed by atoms with Gasteiger partial charge in [0.25, 0.3) is 5.91 Å². The van der Waals surface area contributed by atoms with Crippen molar-refractivity contribution < 1.29 is 18.4 Å². The summed E-state index contributed by atoms with van der Waals surface area (Å²) in [5.74, 6) is -2.63. The number of halogens is 2. The van der Waals surface area contributed by atoms with Gasteiger partial charge in [-0.1, -0.05) is 17.7 Å². The van der Waals surface area contributed by atoms with Crippen LogP contribution in [0.15, 0.2) is 30.3 Å². The molecule has 4 nitrogen and oxygen atoms in total. The van der Waals surface area contributed by atoms with Crippen molar-refractivity contribution in [3.63, 3.8) is 0 Å². The maximum Gasteiger partial charge on any atom is 0.254 e. The number of benzene rings is 2. The van der Waals surface area contributed by atoms with Crippen molar-refractivity contribution in [2.75, 3.05) is 11.9 Å².